The standard InChI is InChI=1S/C15H20FNO2/c16-13-7-5-12(6-8-13)15(10-17,14(18)19)9-11-3-1-2-4-11/h5-8,11H,1-4,9-10,17H2,(H,18,19). The van der Waals surface area contributed by atoms with Crippen LogP contribution in [-0.2, 0) is 10.2 Å². The zero-order valence-electron chi connectivity index (χ0n) is 10.9. The highest BCUT2D eigenvalue weighted by atomic mass is 19.1. The van der Waals surface area contributed by atoms with Gasteiger partial charge in [0.05, 0.1) is 0 Å². The normalized spacial score (nSPS) is 19.3. The Morgan fingerprint density at radius 2 is 1.89 bits per heavy atom. The fourth-order valence-electron chi connectivity index (χ4n) is 3.09. The van der Waals surface area contributed by atoms with E-state index in [1.807, 2.05) is 0 Å². The molecule has 0 saturated heterocycles. The van der Waals surface area contributed by atoms with E-state index in [9.17, 15) is 14.3 Å². The molecule has 0 radical (unpaired) electrons. The van der Waals surface area contributed by atoms with Gasteiger partial charge in [-0.05, 0) is 30.0 Å². The molecule has 1 aromatic carbocycles. The zero-order valence-corrected chi connectivity index (χ0v) is 10.9. The lowest BCUT2D eigenvalue weighted by Gasteiger charge is -2.31. The summed E-state index contributed by atoms with van der Waals surface area (Å²) in [6, 6.07) is 5.70. The lowest BCUT2D eigenvalue weighted by atomic mass is 9.73. The van der Waals surface area contributed by atoms with Gasteiger partial charge in [-0.15, -0.1) is 0 Å². The van der Waals surface area contributed by atoms with Gasteiger partial charge in [-0.3, -0.25) is 4.79 Å². The molecule has 0 amide bonds. The maximum Gasteiger partial charge on any atom is 0.315 e. The van der Waals surface area contributed by atoms with Gasteiger partial charge < -0.3 is 10.8 Å². The number of halogens is 1. The largest absolute Gasteiger partial charge is 0.481 e. The molecular weight excluding hydrogens is 245 g/mol. The smallest absolute Gasteiger partial charge is 0.315 e. The van der Waals surface area contributed by atoms with Crippen LogP contribution in [-0.4, -0.2) is 17.6 Å². The Bertz CT molecular complexity index is 440. The van der Waals surface area contributed by atoms with Crippen LogP contribution in [0.3, 0.4) is 0 Å². The molecule has 2 rings (SSSR count). The average molecular weight is 265 g/mol. The number of benzene rings is 1. The SMILES string of the molecule is NCC(CC1CCCC1)(C(=O)O)c1ccc(F)cc1. The first-order valence-corrected chi connectivity index (χ1v) is 6.78. The Kier molecular flexibility index (Phi) is 4.20. The predicted molar refractivity (Wildman–Crippen MR) is 71.3 cm³/mol. The molecule has 1 unspecified atom stereocenters. The summed E-state index contributed by atoms with van der Waals surface area (Å²) in [6.07, 6.45) is 5.00. The van der Waals surface area contributed by atoms with E-state index >= 15 is 0 Å². The first kappa shape index (κ1) is 14.0. The van der Waals surface area contributed by atoms with Gasteiger partial charge in [-0.2, -0.15) is 0 Å². The highest BCUT2D eigenvalue weighted by Gasteiger charge is 2.41. The van der Waals surface area contributed by atoms with Crippen LogP contribution >= 0.6 is 0 Å². The summed E-state index contributed by atoms with van der Waals surface area (Å²) in [5.74, 6) is -0.862. The predicted octanol–water partition coefficient (Wildman–Crippen LogP) is 2.69. The fraction of sp³-hybridized carbons (Fsp3) is 0.533. The van der Waals surface area contributed by atoms with Crippen LogP contribution in [0.1, 0.15) is 37.7 Å². The second-order valence-electron chi connectivity index (χ2n) is 5.45. The van der Waals surface area contributed by atoms with Crippen molar-refractivity contribution >= 4 is 5.97 Å². The van der Waals surface area contributed by atoms with Crippen molar-refractivity contribution in [1.29, 1.82) is 0 Å². The Morgan fingerprint density at radius 1 is 1.32 bits per heavy atom. The molecule has 0 spiro atoms. The highest BCUT2D eigenvalue weighted by molar-refractivity contribution is 5.81. The van der Waals surface area contributed by atoms with Gasteiger partial charge in [0.2, 0.25) is 0 Å². The summed E-state index contributed by atoms with van der Waals surface area (Å²) in [5.41, 5.74) is 5.31. The molecular formula is C15H20FNO2. The van der Waals surface area contributed by atoms with Crippen LogP contribution in [0, 0.1) is 11.7 Å². The number of hydrogen-bond donors (Lipinski definition) is 2. The van der Waals surface area contributed by atoms with Crippen molar-refractivity contribution in [1.82, 2.24) is 0 Å². The number of carbonyl (C=O) groups is 1. The zero-order chi connectivity index (χ0) is 13.9. The number of carboxylic acid groups (broad SMARTS) is 1. The van der Waals surface area contributed by atoms with E-state index in [2.05, 4.69) is 0 Å². The van der Waals surface area contributed by atoms with Crippen molar-refractivity contribution in [3.63, 3.8) is 0 Å². The van der Waals surface area contributed by atoms with Crippen LogP contribution < -0.4 is 5.73 Å². The van der Waals surface area contributed by atoms with E-state index in [-0.39, 0.29) is 12.4 Å². The summed E-state index contributed by atoms with van der Waals surface area (Å²) in [4.78, 5) is 11.8. The molecule has 0 heterocycles. The molecule has 4 heteroatoms. The molecule has 1 aliphatic rings. The quantitative estimate of drug-likeness (QED) is 0.860. The van der Waals surface area contributed by atoms with Gasteiger partial charge in [0.15, 0.2) is 0 Å². The van der Waals surface area contributed by atoms with Gasteiger partial charge in [0, 0.05) is 6.54 Å². The van der Waals surface area contributed by atoms with Crippen molar-refractivity contribution in [2.75, 3.05) is 6.54 Å². The van der Waals surface area contributed by atoms with Gasteiger partial charge in [0.1, 0.15) is 11.2 Å². The third-order valence-electron chi connectivity index (χ3n) is 4.27. The summed E-state index contributed by atoms with van der Waals surface area (Å²) >= 11 is 0. The van der Waals surface area contributed by atoms with E-state index in [1.54, 1.807) is 12.1 Å². The second kappa shape index (κ2) is 5.70. The number of carboxylic acids is 1. The molecule has 3 N–H and O–H groups in total. The van der Waals surface area contributed by atoms with Crippen LogP contribution in [0.15, 0.2) is 24.3 Å². The number of nitrogens with two attached hydrogens (primary N) is 1. The Balaban J connectivity index is 2.32. The van der Waals surface area contributed by atoms with Gasteiger partial charge in [0.25, 0.3) is 0 Å². The van der Waals surface area contributed by atoms with E-state index in [0.717, 1.165) is 25.7 Å². The second-order valence-corrected chi connectivity index (χ2v) is 5.45. The third-order valence-corrected chi connectivity index (χ3v) is 4.27. The lowest BCUT2D eigenvalue weighted by Crippen LogP contribution is -2.44. The average Bonchev–Trinajstić information content (AvgIpc) is 2.89. The maximum atomic E-state index is 13.0. The molecule has 1 aliphatic carbocycles. The van der Waals surface area contributed by atoms with Crippen molar-refractivity contribution in [3.05, 3.63) is 35.6 Å². The first-order chi connectivity index (χ1) is 9.08. The molecule has 1 fully saturated rings. The molecule has 19 heavy (non-hydrogen) atoms. The molecule has 0 aliphatic heterocycles. The van der Waals surface area contributed by atoms with E-state index in [4.69, 9.17) is 5.73 Å². The van der Waals surface area contributed by atoms with Gasteiger partial charge in [-0.1, -0.05) is 37.8 Å². The van der Waals surface area contributed by atoms with Crippen molar-refractivity contribution in [3.8, 4) is 0 Å². The molecule has 1 atom stereocenters. The van der Waals surface area contributed by atoms with Crippen molar-refractivity contribution in [2.24, 2.45) is 11.7 Å². The minimum Gasteiger partial charge on any atom is -0.481 e. The van der Waals surface area contributed by atoms with Crippen LogP contribution in [0.2, 0.25) is 0 Å². The minimum atomic E-state index is -1.08. The van der Waals surface area contributed by atoms with Crippen molar-refractivity contribution < 1.29 is 14.3 Å². The van der Waals surface area contributed by atoms with E-state index in [0.29, 0.717) is 17.9 Å². The minimum absolute atomic E-state index is 0.0461. The van der Waals surface area contributed by atoms with E-state index in [1.165, 1.54) is 12.1 Å². The van der Waals surface area contributed by atoms with Crippen LogP contribution in [0.4, 0.5) is 4.39 Å². The molecule has 1 aromatic rings. The molecule has 0 aromatic heterocycles. The van der Waals surface area contributed by atoms with Crippen LogP contribution in [0.5, 0.6) is 0 Å². The molecule has 1 saturated carbocycles. The summed E-state index contributed by atoms with van der Waals surface area (Å²) in [5, 5.41) is 9.63. The molecule has 0 bridgehead atoms. The Labute approximate surface area is 112 Å². The summed E-state index contributed by atoms with van der Waals surface area (Å²) < 4.78 is 13.0. The maximum absolute atomic E-state index is 13.0. The molecule has 3 nitrogen and oxygen atoms in total. The topological polar surface area (TPSA) is 63.3 Å². The van der Waals surface area contributed by atoms with E-state index < -0.39 is 11.4 Å². The lowest BCUT2D eigenvalue weighted by molar-refractivity contribution is -0.144. The van der Waals surface area contributed by atoms with Gasteiger partial charge >= 0.3 is 5.97 Å². The fourth-order valence-corrected chi connectivity index (χ4v) is 3.09. The highest BCUT2D eigenvalue weighted by Crippen LogP contribution is 2.38. The summed E-state index contributed by atoms with van der Waals surface area (Å²) in [6.45, 7) is 0.0461. The van der Waals surface area contributed by atoms with Gasteiger partial charge in [-0.25, -0.2) is 4.39 Å². The Hall–Kier alpha value is -1.42. The summed E-state index contributed by atoms with van der Waals surface area (Å²) in [7, 11) is 0. The molecule has 104 valence electrons. The Morgan fingerprint density at radius 3 is 2.37 bits per heavy atom. The first-order valence-electron chi connectivity index (χ1n) is 6.78. The third kappa shape index (κ3) is 2.78. The van der Waals surface area contributed by atoms with Crippen LogP contribution in [0.25, 0.3) is 0 Å². The number of aliphatic carboxylic acids is 1. The number of rotatable bonds is 5. The number of hydrogen-bond acceptors (Lipinski definition) is 2. The van der Waals surface area contributed by atoms with Crippen molar-refractivity contribution in [2.45, 2.75) is 37.5 Å². The monoisotopic (exact) mass is 265 g/mol.